The molecule has 0 spiro atoms. The number of hydrogen-bond donors (Lipinski definition) is 1. The molecule has 0 aromatic carbocycles. The molecule has 0 aromatic rings. The van der Waals surface area contributed by atoms with E-state index < -0.39 is 11.5 Å². The van der Waals surface area contributed by atoms with Crippen LogP contribution in [0.2, 0.25) is 0 Å². The summed E-state index contributed by atoms with van der Waals surface area (Å²) in [5.74, 6) is -1.11. The molecule has 5 heteroatoms. The van der Waals surface area contributed by atoms with Gasteiger partial charge in [0.2, 0.25) is 5.91 Å². The van der Waals surface area contributed by atoms with Gasteiger partial charge in [0, 0.05) is 33.1 Å². The topological polar surface area (TPSA) is 66.8 Å². The van der Waals surface area contributed by atoms with Gasteiger partial charge in [-0.15, -0.1) is 0 Å². The highest BCUT2D eigenvalue weighted by atomic mass is 16.5. The van der Waals surface area contributed by atoms with Crippen LogP contribution in [0.1, 0.15) is 33.1 Å². The number of likely N-dealkylation sites (N-methyl/N-ethyl adjacent to an activating group) is 1. The van der Waals surface area contributed by atoms with Crippen LogP contribution in [0.5, 0.6) is 0 Å². The Hall–Kier alpha value is -1.10. The van der Waals surface area contributed by atoms with Gasteiger partial charge in [0.15, 0.2) is 0 Å². The maximum Gasteiger partial charge on any atom is 0.329 e. The number of carbonyl (C=O) groups is 2. The van der Waals surface area contributed by atoms with Crippen molar-refractivity contribution in [3.8, 4) is 0 Å². The van der Waals surface area contributed by atoms with Gasteiger partial charge >= 0.3 is 5.97 Å². The Morgan fingerprint density at radius 2 is 2.06 bits per heavy atom. The minimum absolute atomic E-state index is 0.188. The first-order chi connectivity index (χ1) is 7.54. The zero-order chi connectivity index (χ0) is 12.2. The van der Waals surface area contributed by atoms with E-state index >= 15 is 0 Å². The molecule has 1 fully saturated rings. The van der Waals surface area contributed by atoms with Crippen LogP contribution in [0.3, 0.4) is 0 Å². The molecule has 0 saturated carbocycles. The maximum absolute atomic E-state index is 11.5. The van der Waals surface area contributed by atoms with E-state index in [0.29, 0.717) is 39.0 Å². The Bertz CT molecular complexity index is 269. The summed E-state index contributed by atoms with van der Waals surface area (Å²) >= 11 is 0. The van der Waals surface area contributed by atoms with Gasteiger partial charge in [-0.3, -0.25) is 4.79 Å². The van der Waals surface area contributed by atoms with E-state index in [1.165, 1.54) is 11.8 Å². The molecule has 1 atom stereocenters. The smallest absolute Gasteiger partial charge is 0.329 e. The standard InChI is InChI=1S/C11H19NO4/c1-3-12(9(2)13)11(10(14)15)5-4-7-16-8-6-11/h3-8H2,1-2H3,(H,14,15). The molecule has 0 radical (unpaired) electrons. The summed E-state index contributed by atoms with van der Waals surface area (Å²) < 4.78 is 5.27. The highest BCUT2D eigenvalue weighted by molar-refractivity contribution is 5.86. The fourth-order valence-electron chi connectivity index (χ4n) is 2.36. The van der Waals surface area contributed by atoms with E-state index in [2.05, 4.69) is 0 Å². The molecule has 0 aromatic heterocycles. The van der Waals surface area contributed by atoms with Gasteiger partial charge < -0.3 is 14.7 Å². The lowest BCUT2D eigenvalue weighted by Crippen LogP contribution is -2.56. The Labute approximate surface area is 95.4 Å². The number of carboxylic acid groups (broad SMARTS) is 1. The lowest BCUT2D eigenvalue weighted by molar-refractivity contribution is -0.159. The number of rotatable bonds is 3. The molecular formula is C11H19NO4. The first-order valence-corrected chi connectivity index (χ1v) is 5.64. The van der Waals surface area contributed by atoms with E-state index in [-0.39, 0.29) is 5.91 Å². The Morgan fingerprint density at radius 1 is 1.38 bits per heavy atom. The van der Waals surface area contributed by atoms with Crippen molar-refractivity contribution in [1.29, 1.82) is 0 Å². The van der Waals surface area contributed by atoms with Crippen molar-refractivity contribution in [2.45, 2.75) is 38.6 Å². The second-order valence-electron chi connectivity index (χ2n) is 4.07. The molecule has 92 valence electrons. The molecule has 1 unspecified atom stereocenters. The monoisotopic (exact) mass is 229 g/mol. The zero-order valence-electron chi connectivity index (χ0n) is 9.86. The number of ether oxygens (including phenoxy) is 1. The molecular weight excluding hydrogens is 210 g/mol. The minimum atomic E-state index is -1.07. The van der Waals surface area contributed by atoms with Crippen LogP contribution in [0.25, 0.3) is 0 Å². The zero-order valence-corrected chi connectivity index (χ0v) is 9.86. The molecule has 0 bridgehead atoms. The van der Waals surface area contributed by atoms with Gasteiger partial charge in [-0.05, 0) is 19.8 Å². The van der Waals surface area contributed by atoms with Gasteiger partial charge in [0.05, 0.1) is 0 Å². The summed E-state index contributed by atoms with van der Waals surface area (Å²) in [7, 11) is 0. The van der Waals surface area contributed by atoms with E-state index in [1.807, 2.05) is 0 Å². The van der Waals surface area contributed by atoms with Crippen LogP contribution >= 0.6 is 0 Å². The molecule has 1 saturated heterocycles. The molecule has 0 aliphatic carbocycles. The Balaban J connectivity index is 3.01. The SMILES string of the molecule is CCN(C(C)=O)C1(C(=O)O)CCCOCC1. The lowest BCUT2D eigenvalue weighted by atomic mass is 9.88. The number of nitrogens with zero attached hydrogens (tertiary/aromatic N) is 1. The van der Waals surface area contributed by atoms with Crippen LogP contribution in [-0.4, -0.2) is 47.2 Å². The van der Waals surface area contributed by atoms with Crippen molar-refractivity contribution in [3.63, 3.8) is 0 Å². The predicted molar refractivity (Wildman–Crippen MR) is 58.1 cm³/mol. The summed E-state index contributed by atoms with van der Waals surface area (Å²) in [5, 5.41) is 9.41. The number of hydrogen-bond acceptors (Lipinski definition) is 3. The summed E-state index contributed by atoms with van der Waals surface area (Å²) in [6, 6.07) is 0. The highest BCUT2D eigenvalue weighted by Gasteiger charge is 2.45. The molecule has 1 aliphatic rings. The van der Waals surface area contributed by atoms with E-state index in [0.717, 1.165) is 0 Å². The van der Waals surface area contributed by atoms with E-state index in [9.17, 15) is 14.7 Å². The van der Waals surface area contributed by atoms with Crippen molar-refractivity contribution >= 4 is 11.9 Å². The largest absolute Gasteiger partial charge is 0.479 e. The van der Waals surface area contributed by atoms with Gasteiger partial charge in [0.1, 0.15) is 5.54 Å². The maximum atomic E-state index is 11.5. The summed E-state index contributed by atoms with van der Waals surface area (Å²) in [6.45, 7) is 4.61. The van der Waals surface area contributed by atoms with Crippen LogP contribution in [0, 0.1) is 0 Å². The number of carboxylic acids is 1. The molecule has 1 amide bonds. The van der Waals surface area contributed by atoms with Gasteiger partial charge in [-0.25, -0.2) is 4.79 Å². The molecule has 16 heavy (non-hydrogen) atoms. The third-order valence-electron chi connectivity index (χ3n) is 3.15. The minimum Gasteiger partial charge on any atom is -0.479 e. The fourth-order valence-corrected chi connectivity index (χ4v) is 2.36. The quantitative estimate of drug-likeness (QED) is 0.780. The Morgan fingerprint density at radius 3 is 2.56 bits per heavy atom. The molecule has 1 aliphatic heterocycles. The van der Waals surface area contributed by atoms with Crippen LogP contribution < -0.4 is 0 Å². The second kappa shape index (κ2) is 5.30. The van der Waals surface area contributed by atoms with E-state index in [4.69, 9.17) is 4.74 Å². The molecule has 1 rings (SSSR count). The van der Waals surface area contributed by atoms with Gasteiger partial charge in [0.25, 0.3) is 0 Å². The number of aliphatic carboxylic acids is 1. The average Bonchev–Trinajstić information content (AvgIpc) is 2.45. The van der Waals surface area contributed by atoms with E-state index in [1.54, 1.807) is 6.92 Å². The normalized spacial score (nSPS) is 25.9. The first kappa shape index (κ1) is 13.0. The molecule has 1 heterocycles. The highest BCUT2D eigenvalue weighted by Crippen LogP contribution is 2.29. The predicted octanol–water partition coefficient (Wildman–Crippen LogP) is 0.879. The van der Waals surface area contributed by atoms with Crippen molar-refractivity contribution < 1.29 is 19.4 Å². The first-order valence-electron chi connectivity index (χ1n) is 5.64. The van der Waals surface area contributed by atoms with Crippen LogP contribution in [0.4, 0.5) is 0 Å². The molecule has 5 nitrogen and oxygen atoms in total. The van der Waals surface area contributed by atoms with Gasteiger partial charge in [-0.1, -0.05) is 0 Å². The Kier molecular flexibility index (Phi) is 4.29. The summed E-state index contributed by atoms with van der Waals surface area (Å²) in [4.78, 5) is 24.5. The summed E-state index contributed by atoms with van der Waals surface area (Å²) in [6.07, 6.45) is 1.52. The fraction of sp³-hybridized carbons (Fsp3) is 0.818. The van der Waals surface area contributed by atoms with Crippen LogP contribution in [-0.2, 0) is 14.3 Å². The third-order valence-corrected chi connectivity index (χ3v) is 3.15. The average molecular weight is 229 g/mol. The second-order valence-corrected chi connectivity index (χ2v) is 4.07. The third kappa shape index (κ3) is 2.35. The number of amides is 1. The molecule has 1 N–H and O–H groups in total. The van der Waals surface area contributed by atoms with Crippen molar-refractivity contribution in [2.75, 3.05) is 19.8 Å². The van der Waals surface area contributed by atoms with Crippen molar-refractivity contribution in [1.82, 2.24) is 4.90 Å². The van der Waals surface area contributed by atoms with Crippen molar-refractivity contribution in [3.05, 3.63) is 0 Å². The lowest BCUT2D eigenvalue weighted by Gasteiger charge is -2.38. The number of carbonyl (C=O) groups excluding carboxylic acids is 1. The summed E-state index contributed by atoms with van der Waals surface area (Å²) in [5.41, 5.74) is -1.07. The van der Waals surface area contributed by atoms with Crippen LogP contribution in [0.15, 0.2) is 0 Å². The van der Waals surface area contributed by atoms with Crippen molar-refractivity contribution in [2.24, 2.45) is 0 Å². The van der Waals surface area contributed by atoms with Gasteiger partial charge in [-0.2, -0.15) is 0 Å².